The van der Waals surface area contributed by atoms with Crippen LogP contribution in [0.15, 0.2) is 18.2 Å². The van der Waals surface area contributed by atoms with Crippen LogP contribution in [0.2, 0.25) is 0 Å². The number of amides is 1. The minimum Gasteiger partial charge on any atom is -0.383 e. The molecule has 19 heavy (non-hydrogen) atoms. The molecule has 0 aliphatic rings. The van der Waals surface area contributed by atoms with Gasteiger partial charge in [-0.3, -0.25) is 14.9 Å². The van der Waals surface area contributed by atoms with Crippen molar-refractivity contribution in [3.63, 3.8) is 0 Å². The third-order valence-electron chi connectivity index (χ3n) is 2.47. The molecular weight excluding hydrogens is 248 g/mol. The predicted molar refractivity (Wildman–Crippen MR) is 73.2 cm³/mol. The van der Waals surface area contributed by atoms with E-state index in [2.05, 4.69) is 10.6 Å². The van der Waals surface area contributed by atoms with Gasteiger partial charge in [0.05, 0.1) is 10.5 Å². The van der Waals surface area contributed by atoms with E-state index in [9.17, 15) is 14.9 Å². The molecule has 0 bridgehead atoms. The van der Waals surface area contributed by atoms with E-state index in [1.54, 1.807) is 0 Å². The second-order valence-electron chi connectivity index (χ2n) is 4.39. The molecule has 0 radical (unpaired) electrons. The Kier molecular flexibility index (Phi) is 5.25. The topological polar surface area (TPSA) is 110 Å². The van der Waals surface area contributed by atoms with Gasteiger partial charge in [0.25, 0.3) is 11.6 Å². The Morgan fingerprint density at radius 1 is 1.42 bits per heavy atom. The molecule has 0 fully saturated rings. The molecule has 1 amide bonds. The first kappa shape index (κ1) is 14.9. The van der Waals surface area contributed by atoms with E-state index in [-0.39, 0.29) is 11.3 Å². The summed E-state index contributed by atoms with van der Waals surface area (Å²) in [6, 6.07) is 4.38. The lowest BCUT2D eigenvalue weighted by Gasteiger charge is -2.12. The van der Waals surface area contributed by atoms with Crippen molar-refractivity contribution in [2.75, 3.05) is 18.4 Å². The minimum absolute atomic E-state index is 0.124. The summed E-state index contributed by atoms with van der Waals surface area (Å²) in [6.45, 7) is 5.37. The summed E-state index contributed by atoms with van der Waals surface area (Å²) >= 11 is 0. The molecular formula is C12H18N4O3. The molecule has 0 saturated heterocycles. The molecule has 1 aromatic rings. The Hall–Kier alpha value is -2.15. The van der Waals surface area contributed by atoms with Crippen LogP contribution >= 0.6 is 0 Å². The molecule has 7 heteroatoms. The highest BCUT2D eigenvalue weighted by Crippen LogP contribution is 2.21. The number of hydrogen-bond acceptors (Lipinski definition) is 5. The molecule has 104 valence electrons. The van der Waals surface area contributed by atoms with Crippen molar-refractivity contribution in [2.24, 2.45) is 5.73 Å². The number of nitrogens with one attached hydrogen (secondary N) is 2. The summed E-state index contributed by atoms with van der Waals surface area (Å²) < 4.78 is 0. The number of anilines is 1. The van der Waals surface area contributed by atoms with Gasteiger partial charge in [-0.2, -0.15) is 0 Å². The van der Waals surface area contributed by atoms with Crippen molar-refractivity contribution >= 4 is 17.3 Å². The fraction of sp³-hybridized carbons (Fsp3) is 0.417. The number of hydrogen-bond donors (Lipinski definition) is 3. The predicted octanol–water partition coefficient (Wildman–Crippen LogP) is 1.10. The van der Waals surface area contributed by atoms with Crippen molar-refractivity contribution in [2.45, 2.75) is 19.9 Å². The zero-order valence-electron chi connectivity index (χ0n) is 11.0. The SMILES string of the molecule is CC(C)NCCNc1ccc([N+](=O)[O-])cc1C(N)=O. The Bertz CT molecular complexity index is 474. The zero-order chi connectivity index (χ0) is 14.4. The van der Waals surface area contributed by atoms with E-state index < -0.39 is 10.8 Å². The van der Waals surface area contributed by atoms with E-state index in [0.29, 0.717) is 24.8 Å². The van der Waals surface area contributed by atoms with E-state index in [1.807, 2.05) is 13.8 Å². The third-order valence-corrected chi connectivity index (χ3v) is 2.47. The molecule has 0 spiro atoms. The largest absolute Gasteiger partial charge is 0.383 e. The average molecular weight is 266 g/mol. The normalized spacial score (nSPS) is 10.5. The first-order valence-corrected chi connectivity index (χ1v) is 5.97. The number of nitrogens with two attached hydrogens (primary N) is 1. The number of nitro groups is 1. The van der Waals surface area contributed by atoms with E-state index in [4.69, 9.17) is 5.73 Å². The quantitative estimate of drug-likeness (QED) is 0.389. The molecule has 1 aromatic carbocycles. The van der Waals surface area contributed by atoms with Gasteiger partial charge in [-0.25, -0.2) is 0 Å². The standard InChI is InChI=1S/C12H18N4O3/c1-8(2)14-5-6-15-11-4-3-9(16(18)19)7-10(11)12(13)17/h3-4,7-8,14-15H,5-6H2,1-2H3,(H2,13,17). The molecule has 7 nitrogen and oxygen atoms in total. The van der Waals surface area contributed by atoms with Crippen LogP contribution in [0.4, 0.5) is 11.4 Å². The Labute approximate surface area is 111 Å². The van der Waals surface area contributed by atoms with Crippen molar-refractivity contribution in [1.29, 1.82) is 0 Å². The van der Waals surface area contributed by atoms with E-state index >= 15 is 0 Å². The van der Waals surface area contributed by atoms with Crippen LogP contribution in [-0.2, 0) is 0 Å². The maximum Gasteiger partial charge on any atom is 0.270 e. The molecule has 0 aliphatic heterocycles. The molecule has 0 aromatic heterocycles. The monoisotopic (exact) mass is 266 g/mol. The van der Waals surface area contributed by atoms with E-state index in [1.165, 1.54) is 18.2 Å². The van der Waals surface area contributed by atoms with Crippen LogP contribution in [0, 0.1) is 10.1 Å². The number of carbonyl (C=O) groups is 1. The maximum absolute atomic E-state index is 11.3. The van der Waals surface area contributed by atoms with Crippen LogP contribution in [0.25, 0.3) is 0 Å². The first-order valence-electron chi connectivity index (χ1n) is 5.97. The van der Waals surface area contributed by atoms with Gasteiger partial charge in [-0.15, -0.1) is 0 Å². The van der Waals surface area contributed by atoms with Crippen LogP contribution in [-0.4, -0.2) is 30.0 Å². The van der Waals surface area contributed by atoms with Gasteiger partial charge in [0.2, 0.25) is 0 Å². The highest BCUT2D eigenvalue weighted by molar-refractivity contribution is 5.99. The van der Waals surface area contributed by atoms with Gasteiger partial charge in [0.15, 0.2) is 0 Å². The number of non-ortho nitro benzene ring substituents is 1. The van der Waals surface area contributed by atoms with Crippen molar-refractivity contribution in [3.05, 3.63) is 33.9 Å². The number of carbonyl (C=O) groups excluding carboxylic acids is 1. The smallest absolute Gasteiger partial charge is 0.270 e. The minimum atomic E-state index is -0.692. The Balaban J connectivity index is 2.77. The van der Waals surface area contributed by atoms with Crippen LogP contribution in [0.1, 0.15) is 24.2 Å². The fourth-order valence-electron chi connectivity index (χ4n) is 1.56. The third kappa shape index (κ3) is 4.55. The van der Waals surface area contributed by atoms with Crippen molar-refractivity contribution < 1.29 is 9.72 Å². The van der Waals surface area contributed by atoms with Gasteiger partial charge >= 0.3 is 0 Å². The van der Waals surface area contributed by atoms with Gasteiger partial charge in [0, 0.05) is 37.0 Å². The summed E-state index contributed by atoms with van der Waals surface area (Å²) in [5, 5.41) is 16.9. The fourth-order valence-corrected chi connectivity index (χ4v) is 1.56. The molecule has 0 unspecified atom stereocenters. The second-order valence-corrected chi connectivity index (χ2v) is 4.39. The summed E-state index contributed by atoms with van der Waals surface area (Å²) in [6.07, 6.45) is 0. The van der Waals surface area contributed by atoms with Crippen LogP contribution < -0.4 is 16.4 Å². The summed E-state index contributed by atoms with van der Waals surface area (Å²) in [7, 11) is 0. The van der Waals surface area contributed by atoms with Crippen molar-refractivity contribution in [1.82, 2.24) is 5.32 Å². The lowest BCUT2D eigenvalue weighted by atomic mass is 10.1. The molecule has 0 aliphatic carbocycles. The highest BCUT2D eigenvalue weighted by atomic mass is 16.6. The Morgan fingerprint density at radius 2 is 2.11 bits per heavy atom. The summed E-state index contributed by atoms with van der Waals surface area (Å²) in [5.41, 5.74) is 5.69. The number of rotatable bonds is 7. The molecule has 4 N–H and O–H groups in total. The van der Waals surface area contributed by atoms with Gasteiger partial charge in [-0.1, -0.05) is 13.8 Å². The average Bonchev–Trinajstić information content (AvgIpc) is 2.34. The number of nitro benzene ring substituents is 1. The van der Waals surface area contributed by atoms with Gasteiger partial charge < -0.3 is 16.4 Å². The lowest BCUT2D eigenvalue weighted by Crippen LogP contribution is -2.28. The maximum atomic E-state index is 11.3. The zero-order valence-corrected chi connectivity index (χ0v) is 11.0. The van der Waals surface area contributed by atoms with Crippen molar-refractivity contribution in [3.8, 4) is 0 Å². The van der Waals surface area contributed by atoms with E-state index in [0.717, 1.165) is 0 Å². The Morgan fingerprint density at radius 3 is 2.63 bits per heavy atom. The molecule has 0 heterocycles. The molecule has 0 atom stereocenters. The highest BCUT2D eigenvalue weighted by Gasteiger charge is 2.14. The number of primary amides is 1. The van der Waals surface area contributed by atoms with Gasteiger partial charge in [0.1, 0.15) is 0 Å². The summed E-state index contributed by atoms with van der Waals surface area (Å²) in [4.78, 5) is 21.4. The van der Waals surface area contributed by atoms with Crippen LogP contribution in [0.5, 0.6) is 0 Å². The second kappa shape index (κ2) is 6.69. The van der Waals surface area contributed by atoms with Gasteiger partial charge in [-0.05, 0) is 6.07 Å². The molecule has 1 rings (SSSR count). The first-order chi connectivity index (χ1) is 8.91. The summed E-state index contributed by atoms with van der Waals surface area (Å²) in [5.74, 6) is -0.692. The number of benzene rings is 1. The number of nitrogens with zero attached hydrogens (tertiary/aromatic N) is 1. The lowest BCUT2D eigenvalue weighted by molar-refractivity contribution is -0.384. The van der Waals surface area contributed by atoms with Crippen LogP contribution in [0.3, 0.4) is 0 Å². The molecule has 0 saturated carbocycles.